The number of rotatable bonds is 41. The van der Waals surface area contributed by atoms with Crippen LogP contribution in [0.1, 0.15) is 90.9 Å². The molecule has 0 bridgehead atoms. The second-order valence-electron chi connectivity index (χ2n) is 16.2. The van der Waals surface area contributed by atoms with Crippen LogP contribution < -0.4 is 24.6 Å². The van der Waals surface area contributed by atoms with Gasteiger partial charge in [0.05, 0.1) is 37.3 Å². The summed E-state index contributed by atoms with van der Waals surface area (Å²) in [7, 11) is 1.57. The predicted molar refractivity (Wildman–Crippen MR) is 259 cm³/mol. The van der Waals surface area contributed by atoms with E-state index in [9.17, 15) is 34.5 Å². The molecule has 0 fully saturated rings. The summed E-state index contributed by atoms with van der Waals surface area (Å²) in [6, 6.07) is 13.5. The molecule has 2 aromatic carbocycles. The highest BCUT2D eigenvalue weighted by atomic mass is 16.6. The van der Waals surface area contributed by atoms with Gasteiger partial charge >= 0.3 is 23.9 Å². The zero-order valence-corrected chi connectivity index (χ0v) is 40.9. The Hall–Kier alpha value is -4.80. The van der Waals surface area contributed by atoms with E-state index >= 15 is 0 Å². The number of aliphatic hydroxyl groups excluding tert-OH is 5. The lowest BCUT2D eigenvalue weighted by atomic mass is 10.0. The molecule has 0 aromatic heterocycles. The van der Waals surface area contributed by atoms with Crippen LogP contribution >= 0.6 is 0 Å². The summed E-state index contributed by atoms with van der Waals surface area (Å²) in [4.78, 5) is 51.6. The van der Waals surface area contributed by atoms with Gasteiger partial charge in [-0.1, -0.05) is 102 Å². The van der Waals surface area contributed by atoms with E-state index in [4.69, 9.17) is 48.8 Å². The topological polar surface area (TPSA) is 284 Å². The number of carbonyl (C=O) groups excluding carboxylic acids is 2. The molecule has 0 spiro atoms. The molecule has 20 heteroatoms. The molecule has 2 rings (SSSR count). The van der Waals surface area contributed by atoms with Gasteiger partial charge in [-0.2, -0.15) is 0 Å². The zero-order valence-electron chi connectivity index (χ0n) is 40.9. The Morgan fingerprint density at radius 2 is 0.913 bits per heavy atom. The van der Waals surface area contributed by atoms with Crippen LogP contribution in [0.5, 0.6) is 11.5 Å². The number of anilines is 2. The highest BCUT2D eigenvalue weighted by Crippen LogP contribution is 2.30. The number of nitrogens with zero attached hydrogens (tertiary/aromatic N) is 2. The molecule has 0 aliphatic heterocycles. The fourth-order valence-electron chi connectivity index (χ4n) is 6.66. The van der Waals surface area contributed by atoms with Crippen LogP contribution in [0.2, 0.25) is 0 Å². The number of aliphatic carboxylic acids is 2. The van der Waals surface area contributed by atoms with Crippen molar-refractivity contribution in [2.24, 2.45) is 0 Å². The Bertz CT molecular complexity index is 1550. The molecule has 8 N–H and O–H groups in total. The lowest BCUT2D eigenvalue weighted by molar-refractivity contribution is -0.144. The van der Waals surface area contributed by atoms with E-state index in [2.05, 4.69) is 19.2 Å². The van der Waals surface area contributed by atoms with Crippen molar-refractivity contribution in [3.63, 3.8) is 0 Å². The van der Waals surface area contributed by atoms with E-state index < -0.39 is 68.0 Å². The lowest BCUT2D eigenvalue weighted by Gasteiger charge is -2.25. The highest BCUT2D eigenvalue weighted by Gasteiger charge is 2.29. The molecule has 0 saturated carbocycles. The van der Waals surface area contributed by atoms with Crippen molar-refractivity contribution >= 4 is 35.3 Å². The number of para-hydroxylation sites is 4. The SMILES string of the molecule is CCCCCCCCOCCOC(=O)CN(CC(=O)O)c1ccccc1OCCOc1ccccc1N(CC(=O)O)CC(=O)OCCOCCCCCCCC.CNC[C@H](O)[C@@H](O)[C@H](O)[C@H](O)CO. The van der Waals surface area contributed by atoms with Crippen LogP contribution in [0.3, 0.4) is 0 Å². The molecule has 0 amide bonds. The molecule has 0 unspecified atom stereocenters. The van der Waals surface area contributed by atoms with Crippen molar-refractivity contribution in [2.75, 3.05) is 109 Å². The molecule has 4 atom stereocenters. The van der Waals surface area contributed by atoms with Crippen LogP contribution in [0.4, 0.5) is 11.4 Å². The summed E-state index contributed by atoms with van der Waals surface area (Å²) in [5.74, 6) is -2.83. The molecular weight excluding hydrogens is 903 g/mol. The van der Waals surface area contributed by atoms with E-state index in [0.717, 1.165) is 25.7 Å². The minimum Gasteiger partial charge on any atom is -0.488 e. The number of unbranched alkanes of at least 4 members (excludes halogenated alkanes) is 10. The van der Waals surface area contributed by atoms with Gasteiger partial charge in [-0.15, -0.1) is 0 Å². The highest BCUT2D eigenvalue weighted by molar-refractivity contribution is 5.82. The molecule has 0 aliphatic carbocycles. The molecule has 69 heavy (non-hydrogen) atoms. The van der Waals surface area contributed by atoms with Gasteiger partial charge in [0.2, 0.25) is 0 Å². The van der Waals surface area contributed by atoms with Crippen molar-refractivity contribution in [2.45, 2.75) is 115 Å². The standard InChI is InChI=1S/C42H64N2O12.C7H17NO5/c1-3-5-7-9-11-17-23-51-25-27-55-41(49)33-43(31-39(45)46)35-19-13-15-21-37(35)53-29-30-54-38-22-16-14-20-36(38)44(32-40(47)48)34-42(50)56-28-26-52-24-18-12-10-8-6-4-2;1-8-2-4(10)6(12)7(13)5(11)3-9/h13-16,19-22H,3-12,17-18,23-34H2,1-2H3,(H,45,46)(H,47,48);4-13H,2-3H2,1H3/t;4-,5+,6+,7+/m.0/s1. The Balaban J connectivity index is 0.00000159. The Morgan fingerprint density at radius 3 is 1.30 bits per heavy atom. The first kappa shape index (κ1) is 62.2. The average molecular weight is 984 g/mol. The van der Waals surface area contributed by atoms with E-state index in [1.54, 1.807) is 55.6 Å². The first-order valence-electron chi connectivity index (χ1n) is 24.1. The molecule has 0 aliphatic rings. The fourth-order valence-corrected chi connectivity index (χ4v) is 6.66. The van der Waals surface area contributed by atoms with Crippen LogP contribution in [0, 0.1) is 0 Å². The summed E-state index contributed by atoms with van der Waals surface area (Å²) in [6.07, 6.45) is 8.16. The van der Waals surface area contributed by atoms with Gasteiger partial charge in [-0.05, 0) is 44.2 Å². The largest absolute Gasteiger partial charge is 0.488 e. The third kappa shape index (κ3) is 29.8. The predicted octanol–water partition coefficient (Wildman–Crippen LogP) is 3.41. The van der Waals surface area contributed by atoms with Crippen LogP contribution in [0.15, 0.2) is 48.5 Å². The average Bonchev–Trinajstić information content (AvgIpc) is 3.33. The quantitative estimate of drug-likeness (QED) is 0.0350. The maximum absolute atomic E-state index is 12.7. The number of aliphatic hydroxyl groups is 5. The molecule has 0 saturated heterocycles. The third-order valence-electron chi connectivity index (χ3n) is 10.3. The van der Waals surface area contributed by atoms with E-state index in [1.165, 1.54) is 61.2 Å². The van der Waals surface area contributed by atoms with Crippen molar-refractivity contribution in [1.82, 2.24) is 5.32 Å². The summed E-state index contributed by atoms with van der Waals surface area (Å²) in [6.45, 7) is 4.09. The van der Waals surface area contributed by atoms with Crippen LogP contribution in [-0.2, 0) is 38.1 Å². The van der Waals surface area contributed by atoms with Crippen LogP contribution in [-0.4, -0.2) is 183 Å². The summed E-state index contributed by atoms with van der Waals surface area (Å²) < 4.78 is 33.7. The molecule has 394 valence electrons. The minimum atomic E-state index is -1.55. The number of carbonyl (C=O) groups is 4. The zero-order chi connectivity index (χ0) is 51.1. The number of carboxylic acids is 2. The van der Waals surface area contributed by atoms with E-state index in [-0.39, 0.29) is 59.3 Å². The van der Waals surface area contributed by atoms with Crippen molar-refractivity contribution in [3.05, 3.63) is 48.5 Å². The molecule has 0 radical (unpaired) electrons. The number of ether oxygens (including phenoxy) is 6. The van der Waals surface area contributed by atoms with Crippen molar-refractivity contribution in [3.8, 4) is 11.5 Å². The molecule has 0 heterocycles. The molecular formula is C49H81N3O17. The van der Waals surface area contributed by atoms with Gasteiger partial charge in [0.1, 0.15) is 82.4 Å². The lowest BCUT2D eigenvalue weighted by Crippen LogP contribution is -2.48. The summed E-state index contributed by atoms with van der Waals surface area (Å²) in [5.41, 5.74) is 0.760. The summed E-state index contributed by atoms with van der Waals surface area (Å²) >= 11 is 0. The first-order valence-corrected chi connectivity index (χ1v) is 24.1. The van der Waals surface area contributed by atoms with Gasteiger partial charge in [0.15, 0.2) is 0 Å². The Kier molecular flexibility index (Phi) is 36.1. The first-order chi connectivity index (χ1) is 33.3. The van der Waals surface area contributed by atoms with Crippen LogP contribution in [0.25, 0.3) is 0 Å². The number of hydrogen-bond acceptors (Lipinski definition) is 18. The number of hydrogen-bond donors (Lipinski definition) is 8. The smallest absolute Gasteiger partial charge is 0.325 e. The van der Waals surface area contributed by atoms with Crippen molar-refractivity contribution in [1.29, 1.82) is 0 Å². The fraction of sp³-hybridized carbons (Fsp3) is 0.673. The number of likely N-dealkylation sites (N-methyl/N-ethyl adjacent to an activating group) is 1. The second-order valence-corrected chi connectivity index (χ2v) is 16.2. The van der Waals surface area contributed by atoms with Gasteiger partial charge < -0.3 is 79.3 Å². The van der Waals surface area contributed by atoms with Gasteiger partial charge in [-0.25, -0.2) is 0 Å². The Labute approximate surface area is 407 Å². The molecule has 20 nitrogen and oxygen atoms in total. The Morgan fingerprint density at radius 1 is 0.522 bits per heavy atom. The van der Waals surface area contributed by atoms with Gasteiger partial charge in [0.25, 0.3) is 0 Å². The third-order valence-corrected chi connectivity index (χ3v) is 10.3. The monoisotopic (exact) mass is 984 g/mol. The maximum atomic E-state index is 12.7. The minimum absolute atomic E-state index is 0.0202. The number of benzene rings is 2. The van der Waals surface area contributed by atoms with E-state index in [1.807, 2.05) is 0 Å². The number of carboxylic acid groups (broad SMARTS) is 2. The number of esters is 2. The summed E-state index contributed by atoms with van der Waals surface area (Å²) in [5, 5.41) is 66.7. The molecule has 2 aromatic rings. The second kappa shape index (κ2) is 40.0. The van der Waals surface area contributed by atoms with Crippen molar-refractivity contribution < 1.29 is 83.3 Å². The van der Waals surface area contributed by atoms with Gasteiger partial charge in [-0.3, -0.25) is 19.2 Å². The number of nitrogens with one attached hydrogen (secondary N) is 1. The van der Waals surface area contributed by atoms with E-state index in [0.29, 0.717) is 36.1 Å². The maximum Gasteiger partial charge on any atom is 0.325 e. The van der Waals surface area contributed by atoms with Gasteiger partial charge in [0, 0.05) is 19.8 Å². The normalized spacial score (nSPS) is 12.7.